The van der Waals surface area contributed by atoms with Crippen molar-refractivity contribution < 1.29 is 9.59 Å². The van der Waals surface area contributed by atoms with E-state index in [-0.39, 0.29) is 5.41 Å². The Morgan fingerprint density at radius 2 is 1.48 bits per heavy atom. The van der Waals surface area contributed by atoms with Crippen LogP contribution in [-0.4, -0.2) is 60.5 Å². The number of amides is 2. The molecule has 1 aliphatic rings. The third-order valence-electron chi connectivity index (χ3n) is 3.39. The molecule has 0 atom stereocenters. The lowest BCUT2D eigenvalue weighted by atomic mass is 9.82. The zero-order valence-corrected chi connectivity index (χ0v) is 14.2. The molecule has 1 fully saturated rings. The van der Waals surface area contributed by atoms with E-state index in [2.05, 4.69) is 36.4 Å². The van der Waals surface area contributed by atoms with E-state index in [4.69, 9.17) is 0 Å². The Morgan fingerprint density at radius 3 is 1.95 bits per heavy atom. The standard InChI is InChI=1S/C15H30N4O2/c1-14(2,3)11-15(4,5)16-12(20)13(21)17-19-9-7-18(6)8-10-19/h7-11H2,1-6H3,(H,16,20)(H,17,21). The number of hydrazine groups is 1. The van der Waals surface area contributed by atoms with E-state index in [9.17, 15) is 9.59 Å². The van der Waals surface area contributed by atoms with Crippen LogP contribution in [0.3, 0.4) is 0 Å². The van der Waals surface area contributed by atoms with Crippen molar-refractivity contribution in [2.24, 2.45) is 5.41 Å². The highest BCUT2D eigenvalue weighted by Gasteiger charge is 2.30. The van der Waals surface area contributed by atoms with Crippen LogP contribution in [0.4, 0.5) is 0 Å². The first-order valence-electron chi connectivity index (χ1n) is 7.55. The van der Waals surface area contributed by atoms with Gasteiger partial charge < -0.3 is 10.2 Å². The lowest BCUT2D eigenvalue weighted by Gasteiger charge is -2.34. The highest BCUT2D eigenvalue weighted by molar-refractivity contribution is 6.35. The smallest absolute Gasteiger partial charge is 0.323 e. The third-order valence-corrected chi connectivity index (χ3v) is 3.39. The fraction of sp³-hybridized carbons (Fsp3) is 0.867. The first kappa shape index (κ1) is 17.9. The molecule has 6 nitrogen and oxygen atoms in total. The summed E-state index contributed by atoms with van der Waals surface area (Å²) in [7, 11) is 2.04. The number of rotatable bonds is 3. The van der Waals surface area contributed by atoms with Gasteiger partial charge in [0.05, 0.1) is 0 Å². The Hall–Kier alpha value is -1.14. The van der Waals surface area contributed by atoms with E-state index in [1.807, 2.05) is 20.9 Å². The molecule has 1 saturated heterocycles. The van der Waals surface area contributed by atoms with Crippen LogP contribution in [0.1, 0.15) is 41.0 Å². The van der Waals surface area contributed by atoms with Crippen molar-refractivity contribution in [3.05, 3.63) is 0 Å². The number of nitrogens with one attached hydrogen (secondary N) is 2. The van der Waals surface area contributed by atoms with Crippen LogP contribution in [-0.2, 0) is 9.59 Å². The van der Waals surface area contributed by atoms with Crippen LogP contribution in [0.15, 0.2) is 0 Å². The summed E-state index contributed by atoms with van der Waals surface area (Å²) in [5.41, 5.74) is 2.36. The normalized spacial score (nSPS) is 18.4. The van der Waals surface area contributed by atoms with Crippen molar-refractivity contribution in [3.63, 3.8) is 0 Å². The highest BCUT2D eigenvalue weighted by atomic mass is 16.2. The van der Waals surface area contributed by atoms with Gasteiger partial charge in [-0.25, -0.2) is 5.01 Å². The first-order valence-corrected chi connectivity index (χ1v) is 7.55. The number of carbonyl (C=O) groups is 2. The van der Waals surface area contributed by atoms with Crippen molar-refractivity contribution in [2.45, 2.75) is 46.6 Å². The molecule has 0 bridgehead atoms. The van der Waals surface area contributed by atoms with Gasteiger partial charge in [-0.15, -0.1) is 0 Å². The number of hydrogen-bond acceptors (Lipinski definition) is 4. The Morgan fingerprint density at radius 1 is 0.952 bits per heavy atom. The van der Waals surface area contributed by atoms with E-state index < -0.39 is 17.4 Å². The number of hydrogen-bond donors (Lipinski definition) is 2. The van der Waals surface area contributed by atoms with Gasteiger partial charge in [0.1, 0.15) is 0 Å². The predicted octanol–water partition coefficient (Wildman–Crippen LogP) is 0.596. The van der Waals surface area contributed by atoms with Crippen LogP contribution in [0.5, 0.6) is 0 Å². The molecule has 21 heavy (non-hydrogen) atoms. The van der Waals surface area contributed by atoms with Crippen LogP contribution in [0.2, 0.25) is 0 Å². The molecule has 2 N–H and O–H groups in total. The molecule has 1 rings (SSSR count). The lowest BCUT2D eigenvalue weighted by molar-refractivity contribution is -0.143. The molecular formula is C15H30N4O2. The molecule has 0 aromatic heterocycles. The zero-order chi connectivity index (χ0) is 16.3. The molecule has 0 saturated carbocycles. The fourth-order valence-electron chi connectivity index (χ4n) is 2.85. The van der Waals surface area contributed by atoms with Gasteiger partial charge in [-0.1, -0.05) is 20.8 Å². The molecule has 0 aromatic rings. The summed E-state index contributed by atoms with van der Waals surface area (Å²) in [5.74, 6) is -1.15. The van der Waals surface area contributed by atoms with Gasteiger partial charge in [0.25, 0.3) is 0 Å². The maximum Gasteiger partial charge on any atom is 0.323 e. The molecule has 0 aromatic carbocycles. The van der Waals surface area contributed by atoms with Gasteiger partial charge >= 0.3 is 11.8 Å². The van der Waals surface area contributed by atoms with Crippen molar-refractivity contribution >= 4 is 11.8 Å². The monoisotopic (exact) mass is 298 g/mol. The second-order valence-electron chi connectivity index (χ2n) is 7.81. The van der Waals surface area contributed by atoms with Gasteiger partial charge in [-0.05, 0) is 32.7 Å². The zero-order valence-electron chi connectivity index (χ0n) is 14.2. The Bertz CT molecular complexity index is 380. The Labute approximate surface area is 128 Å². The summed E-state index contributed by atoms with van der Waals surface area (Å²) < 4.78 is 0. The summed E-state index contributed by atoms with van der Waals surface area (Å²) in [6.07, 6.45) is 0.799. The average Bonchev–Trinajstić information content (AvgIpc) is 2.28. The van der Waals surface area contributed by atoms with Crippen LogP contribution in [0, 0.1) is 5.41 Å². The van der Waals surface area contributed by atoms with Gasteiger partial charge in [0.15, 0.2) is 0 Å². The minimum Gasteiger partial charge on any atom is -0.343 e. The maximum atomic E-state index is 12.0. The lowest BCUT2D eigenvalue weighted by Crippen LogP contribution is -2.57. The summed E-state index contributed by atoms with van der Waals surface area (Å²) in [6, 6.07) is 0. The van der Waals surface area contributed by atoms with E-state index in [1.165, 1.54) is 0 Å². The maximum absolute atomic E-state index is 12.0. The van der Waals surface area contributed by atoms with Crippen molar-refractivity contribution in [1.82, 2.24) is 20.7 Å². The summed E-state index contributed by atoms with van der Waals surface area (Å²) in [5, 5.41) is 4.63. The summed E-state index contributed by atoms with van der Waals surface area (Å²) in [6.45, 7) is 13.5. The molecule has 0 aliphatic carbocycles. The number of likely N-dealkylation sites (N-methyl/N-ethyl adjacent to an activating group) is 1. The molecule has 6 heteroatoms. The van der Waals surface area contributed by atoms with E-state index in [0.29, 0.717) is 0 Å². The first-order chi connectivity index (χ1) is 9.48. The van der Waals surface area contributed by atoms with Crippen molar-refractivity contribution in [2.75, 3.05) is 33.2 Å². The third kappa shape index (κ3) is 6.91. The molecule has 1 aliphatic heterocycles. The summed E-state index contributed by atoms with van der Waals surface area (Å²) >= 11 is 0. The quantitative estimate of drug-likeness (QED) is 0.749. The predicted molar refractivity (Wildman–Crippen MR) is 83.5 cm³/mol. The van der Waals surface area contributed by atoms with Gasteiger partial charge in [0.2, 0.25) is 0 Å². The van der Waals surface area contributed by atoms with Crippen LogP contribution >= 0.6 is 0 Å². The summed E-state index contributed by atoms with van der Waals surface area (Å²) in [4.78, 5) is 26.2. The second-order valence-corrected chi connectivity index (χ2v) is 7.81. The molecular weight excluding hydrogens is 268 g/mol. The van der Waals surface area contributed by atoms with Crippen molar-refractivity contribution in [1.29, 1.82) is 0 Å². The average molecular weight is 298 g/mol. The highest BCUT2D eigenvalue weighted by Crippen LogP contribution is 2.26. The fourth-order valence-corrected chi connectivity index (χ4v) is 2.85. The molecule has 122 valence electrons. The number of nitrogens with zero attached hydrogens (tertiary/aromatic N) is 2. The topological polar surface area (TPSA) is 64.7 Å². The Kier molecular flexibility index (Phi) is 5.75. The minimum atomic E-state index is -0.582. The Balaban J connectivity index is 2.45. The molecule has 0 unspecified atom stereocenters. The minimum absolute atomic E-state index is 0.0880. The van der Waals surface area contributed by atoms with Crippen molar-refractivity contribution in [3.8, 4) is 0 Å². The second kappa shape index (κ2) is 6.75. The molecule has 1 heterocycles. The SMILES string of the molecule is CN1CCN(NC(=O)C(=O)NC(C)(C)CC(C)(C)C)CC1. The van der Waals surface area contributed by atoms with Gasteiger partial charge in [-0.3, -0.25) is 15.0 Å². The van der Waals surface area contributed by atoms with Gasteiger partial charge in [-0.2, -0.15) is 0 Å². The van der Waals surface area contributed by atoms with E-state index in [1.54, 1.807) is 5.01 Å². The van der Waals surface area contributed by atoms with E-state index in [0.717, 1.165) is 32.6 Å². The molecule has 0 spiro atoms. The van der Waals surface area contributed by atoms with Gasteiger partial charge in [0, 0.05) is 31.7 Å². The molecule has 0 radical (unpaired) electrons. The van der Waals surface area contributed by atoms with Crippen LogP contribution in [0.25, 0.3) is 0 Å². The largest absolute Gasteiger partial charge is 0.343 e. The van der Waals surface area contributed by atoms with E-state index >= 15 is 0 Å². The number of piperazine rings is 1. The van der Waals surface area contributed by atoms with Crippen LogP contribution < -0.4 is 10.7 Å². The molecule has 2 amide bonds. The number of carbonyl (C=O) groups excluding carboxylic acids is 2.